The number of halogens is 2. The van der Waals surface area contributed by atoms with E-state index >= 15 is 0 Å². The Labute approximate surface area is 173 Å². The van der Waals surface area contributed by atoms with Gasteiger partial charge in [-0.2, -0.15) is 0 Å². The van der Waals surface area contributed by atoms with Crippen molar-refractivity contribution in [3.8, 4) is 0 Å². The summed E-state index contributed by atoms with van der Waals surface area (Å²) >= 11 is 12.2. The molecule has 0 atom stereocenters. The van der Waals surface area contributed by atoms with Gasteiger partial charge in [-0.3, -0.25) is 14.5 Å². The van der Waals surface area contributed by atoms with Gasteiger partial charge in [-0.05, 0) is 23.8 Å². The average molecular weight is 421 g/mol. The quantitative estimate of drug-likeness (QED) is 0.773. The fourth-order valence-corrected chi connectivity index (χ4v) is 4.25. The average Bonchev–Trinajstić information content (AvgIpc) is 3.02. The Bertz CT molecular complexity index is 928. The Morgan fingerprint density at radius 2 is 1.79 bits per heavy atom. The first-order chi connectivity index (χ1) is 13.5. The van der Waals surface area contributed by atoms with Gasteiger partial charge in [-0.1, -0.05) is 29.8 Å². The SMILES string of the molecule is C=CC(=O)N1CC(N2CCN(C(=O)Cc3c[nH]c4cc(Cl)c(Cl)cc34)CC2)C1. The van der Waals surface area contributed by atoms with Gasteiger partial charge in [0.15, 0.2) is 0 Å². The van der Waals surface area contributed by atoms with Gasteiger partial charge in [0.05, 0.1) is 16.5 Å². The van der Waals surface area contributed by atoms with E-state index in [1.165, 1.54) is 6.08 Å². The van der Waals surface area contributed by atoms with Gasteiger partial charge in [0.2, 0.25) is 11.8 Å². The molecule has 0 aliphatic carbocycles. The molecule has 28 heavy (non-hydrogen) atoms. The summed E-state index contributed by atoms with van der Waals surface area (Å²) in [5.41, 5.74) is 1.81. The topological polar surface area (TPSA) is 59.7 Å². The number of nitrogens with one attached hydrogen (secondary N) is 1. The Balaban J connectivity index is 1.32. The summed E-state index contributed by atoms with van der Waals surface area (Å²) in [6, 6.07) is 3.98. The van der Waals surface area contributed by atoms with Crippen molar-refractivity contribution in [3.05, 3.63) is 46.6 Å². The Morgan fingerprint density at radius 1 is 1.11 bits per heavy atom. The van der Waals surface area contributed by atoms with Crippen LogP contribution in [0.2, 0.25) is 10.0 Å². The van der Waals surface area contributed by atoms with Crippen LogP contribution in [0.25, 0.3) is 10.9 Å². The molecule has 3 heterocycles. The zero-order valence-corrected chi connectivity index (χ0v) is 17.0. The lowest BCUT2D eigenvalue weighted by molar-refractivity contribution is -0.136. The number of aromatic nitrogens is 1. The van der Waals surface area contributed by atoms with Crippen LogP contribution in [0.3, 0.4) is 0 Å². The Morgan fingerprint density at radius 3 is 2.46 bits per heavy atom. The van der Waals surface area contributed by atoms with Crippen LogP contribution in [0.5, 0.6) is 0 Å². The molecule has 4 rings (SSSR count). The fraction of sp³-hybridized carbons (Fsp3) is 0.400. The maximum atomic E-state index is 12.8. The van der Waals surface area contributed by atoms with Gasteiger partial charge in [0, 0.05) is 62.4 Å². The van der Waals surface area contributed by atoms with E-state index in [0.29, 0.717) is 35.6 Å². The maximum absolute atomic E-state index is 12.8. The highest BCUT2D eigenvalue weighted by atomic mass is 35.5. The molecule has 1 aromatic heterocycles. The minimum Gasteiger partial charge on any atom is -0.361 e. The van der Waals surface area contributed by atoms with Crippen molar-refractivity contribution >= 4 is 45.9 Å². The van der Waals surface area contributed by atoms with E-state index in [4.69, 9.17) is 23.2 Å². The summed E-state index contributed by atoms with van der Waals surface area (Å²) in [5.74, 6) is 0.105. The molecule has 6 nitrogen and oxygen atoms in total. The molecule has 2 aliphatic heterocycles. The summed E-state index contributed by atoms with van der Waals surface area (Å²) in [5, 5.41) is 1.91. The molecule has 0 radical (unpaired) electrons. The molecule has 0 unspecified atom stereocenters. The Hall–Kier alpha value is -2.02. The second kappa shape index (κ2) is 7.78. The Kier molecular flexibility index (Phi) is 5.36. The molecular weight excluding hydrogens is 399 g/mol. The highest BCUT2D eigenvalue weighted by molar-refractivity contribution is 6.42. The lowest BCUT2D eigenvalue weighted by atomic mass is 10.1. The van der Waals surface area contributed by atoms with Gasteiger partial charge in [-0.15, -0.1) is 0 Å². The van der Waals surface area contributed by atoms with E-state index in [9.17, 15) is 9.59 Å². The van der Waals surface area contributed by atoms with E-state index in [1.807, 2.05) is 17.2 Å². The number of likely N-dealkylation sites (tertiary alicyclic amines) is 1. The summed E-state index contributed by atoms with van der Waals surface area (Å²) in [6.07, 6.45) is 3.55. The van der Waals surface area contributed by atoms with Crippen molar-refractivity contribution in [1.82, 2.24) is 19.7 Å². The highest BCUT2D eigenvalue weighted by Crippen LogP contribution is 2.30. The monoisotopic (exact) mass is 420 g/mol. The van der Waals surface area contributed by atoms with Gasteiger partial charge >= 0.3 is 0 Å². The number of amides is 2. The predicted octanol–water partition coefficient (Wildman–Crippen LogP) is 2.56. The predicted molar refractivity (Wildman–Crippen MR) is 111 cm³/mol. The van der Waals surface area contributed by atoms with E-state index in [0.717, 1.165) is 42.6 Å². The molecule has 0 bridgehead atoms. The minimum atomic E-state index is -0.00909. The largest absolute Gasteiger partial charge is 0.361 e. The van der Waals surface area contributed by atoms with Crippen LogP contribution < -0.4 is 0 Å². The third-order valence-electron chi connectivity index (χ3n) is 5.68. The minimum absolute atomic E-state index is 0.00909. The first kappa shape index (κ1) is 19.3. The number of nitrogens with zero attached hydrogens (tertiary/aromatic N) is 3. The van der Waals surface area contributed by atoms with Crippen LogP contribution in [0.4, 0.5) is 0 Å². The summed E-state index contributed by atoms with van der Waals surface area (Å²) in [4.78, 5) is 33.6. The van der Waals surface area contributed by atoms with E-state index in [1.54, 1.807) is 11.0 Å². The van der Waals surface area contributed by atoms with Crippen LogP contribution in [-0.4, -0.2) is 76.8 Å². The van der Waals surface area contributed by atoms with Gasteiger partial charge < -0.3 is 14.8 Å². The number of fused-ring (bicyclic) bond motifs is 1. The molecule has 2 saturated heterocycles. The van der Waals surface area contributed by atoms with Crippen LogP contribution in [0, 0.1) is 0 Å². The molecular formula is C20H22Cl2N4O2. The zero-order valence-electron chi connectivity index (χ0n) is 15.5. The van der Waals surface area contributed by atoms with Gasteiger partial charge in [0.25, 0.3) is 0 Å². The lowest BCUT2D eigenvalue weighted by Gasteiger charge is -2.47. The molecule has 2 aliphatic rings. The molecule has 1 aromatic carbocycles. The van der Waals surface area contributed by atoms with Crippen LogP contribution in [0.1, 0.15) is 5.56 Å². The standard InChI is InChI=1S/C20H22Cl2N4O2/c1-2-19(27)26-11-14(12-26)24-3-5-25(6-4-24)20(28)7-13-10-23-18-9-17(22)16(21)8-15(13)18/h2,8-10,14,23H,1,3-7,11-12H2. The number of hydrogen-bond acceptors (Lipinski definition) is 3. The number of hydrogen-bond donors (Lipinski definition) is 1. The van der Waals surface area contributed by atoms with Gasteiger partial charge in [-0.25, -0.2) is 0 Å². The van der Waals surface area contributed by atoms with Crippen molar-refractivity contribution < 1.29 is 9.59 Å². The maximum Gasteiger partial charge on any atom is 0.246 e. The molecule has 1 N–H and O–H groups in total. The molecule has 2 fully saturated rings. The van der Waals surface area contributed by atoms with Crippen LogP contribution >= 0.6 is 23.2 Å². The van der Waals surface area contributed by atoms with Crippen molar-refractivity contribution in [2.45, 2.75) is 12.5 Å². The number of piperazine rings is 1. The molecule has 0 spiro atoms. The van der Waals surface area contributed by atoms with Crippen LogP contribution in [0.15, 0.2) is 31.0 Å². The number of carbonyl (C=O) groups excluding carboxylic acids is 2. The van der Waals surface area contributed by atoms with E-state index in [-0.39, 0.29) is 11.8 Å². The van der Waals surface area contributed by atoms with Gasteiger partial charge in [0.1, 0.15) is 0 Å². The zero-order chi connectivity index (χ0) is 19.8. The van der Waals surface area contributed by atoms with Crippen LogP contribution in [-0.2, 0) is 16.0 Å². The number of carbonyl (C=O) groups is 2. The van der Waals surface area contributed by atoms with Crippen molar-refractivity contribution in [1.29, 1.82) is 0 Å². The molecule has 2 amide bonds. The third-order valence-corrected chi connectivity index (χ3v) is 6.40. The summed E-state index contributed by atoms with van der Waals surface area (Å²) < 4.78 is 0. The van der Waals surface area contributed by atoms with Crippen molar-refractivity contribution in [3.63, 3.8) is 0 Å². The fourth-order valence-electron chi connectivity index (χ4n) is 3.93. The number of benzene rings is 1. The van der Waals surface area contributed by atoms with Crippen molar-refractivity contribution in [2.75, 3.05) is 39.3 Å². The van der Waals surface area contributed by atoms with Crippen molar-refractivity contribution in [2.24, 2.45) is 0 Å². The first-order valence-electron chi connectivity index (χ1n) is 9.34. The second-order valence-electron chi connectivity index (χ2n) is 7.32. The molecule has 8 heteroatoms. The molecule has 2 aromatic rings. The lowest BCUT2D eigenvalue weighted by Crippen LogP contribution is -2.64. The molecule has 148 valence electrons. The second-order valence-corrected chi connectivity index (χ2v) is 8.13. The normalized spacial score (nSPS) is 18.4. The third kappa shape index (κ3) is 3.64. The number of rotatable bonds is 4. The summed E-state index contributed by atoms with van der Waals surface area (Å²) in [6.45, 7) is 8.11. The number of H-pyrrole nitrogens is 1. The smallest absolute Gasteiger partial charge is 0.246 e. The highest BCUT2D eigenvalue weighted by Gasteiger charge is 2.35. The number of aromatic amines is 1. The van der Waals surface area contributed by atoms with E-state index in [2.05, 4.69) is 16.5 Å². The molecule has 0 saturated carbocycles. The van der Waals surface area contributed by atoms with E-state index < -0.39 is 0 Å². The summed E-state index contributed by atoms with van der Waals surface area (Å²) in [7, 11) is 0. The first-order valence-corrected chi connectivity index (χ1v) is 10.1.